The van der Waals surface area contributed by atoms with Crippen LogP contribution in [0.25, 0.3) is 27.7 Å². The zero-order valence-electron chi connectivity index (χ0n) is 16.5. The van der Waals surface area contributed by atoms with Crippen molar-refractivity contribution in [1.29, 1.82) is 0 Å². The van der Waals surface area contributed by atoms with Gasteiger partial charge in [-0.3, -0.25) is 4.79 Å². The lowest BCUT2D eigenvalue weighted by atomic mass is 9.78. The van der Waals surface area contributed by atoms with E-state index in [4.69, 9.17) is 11.6 Å². The summed E-state index contributed by atoms with van der Waals surface area (Å²) in [5.74, 6) is 1.11. The molecule has 5 nitrogen and oxygen atoms in total. The Morgan fingerprint density at radius 1 is 1.07 bits per heavy atom. The minimum absolute atomic E-state index is 0.0198. The molecule has 1 aliphatic carbocycles. The summed E-state index contributed by atoms with van der Waals surface area (Å²) in [6.45, 7) is 4.55. The average Bonchev–Trinajstić information content (AvgIpc) is 3.16. The van der Waals surface area contributed by atoms with Crippen LogP contribution in [-0.4, -0.2) is 19.2 Å². The number of benzene rings is 1. The van der Waals surface area contributed by atoms with E-state index in [1.807, 2.05) is 41.1 Å². The summed E-state index contributed by atoms with van der Waals surface area (Å²) in [4.78, 5) is 17.9. The zero-order valence-corrected chi connectivity index (χ0v) is 17.3. The monoisotopic (exact) mass is 406 g/mol. The summed E-state index contributed by atoms with van der Waals surface area (Å²) in [6.07, 6.45) is 8.88. The van der Waals surface area contributed by atoms with Crippen LogP contribution < -0.4 is 5.56 Å². The van der Waals surface area contributed by atoms with Crippen LogP contribution in [-0.2, 0) is 0 Å². The lowest BCUT2D eigenvalue weighted by Gasteiger charge is -2.35. The second-order valence-electron chi connectivity index (χ2n) is 8.22. The van der Waals surface area contributed by atoms with Crippen LogP contribution in [0.15, 0.2) is 53.7 Å². The van der Waals surface area contributed by atoms with Crippen LogP contribution in [0, 0.1) is 11.8 Å². The highest BCUT2D eigenvalue weighted by Crippen LogP contribution is 2.37. The molecule has 148 valence electrons. The van der Waals surface area contributed by atoms with Crippen molar-refractivity contribution < 1.29 is 0 Å². The maximum absolute atomic E-state index is 13.3. The highest BCUT2D eigenvalue weighted by Gasteiger charge is 2.29. The maximum Gasteiger partial charge on any atom is 0.261 e. The van der Waals surface area contributed by atoms with Crippen LogP contribution in [0.5, 0.6) is 0 Å². The smallest absolute Gasteiger partial charge is 0.261 e. The summed E-state index contributed by atoms with van der Waals surface area (Å²) < 4.78 is 3.68. The van der Waals surface area contributed by atoms with Crippen molar-refractivity contribution >= 4 is 28.2 Å². The molecule has 0 saturated heterocycles. The van der Waals surface area contributed by atoms with Crippen LogP contribution in [0.4, 0.5) is 0 Å². The van der Waals surface area contributed by atoms with Gasteiger partial charge in [-0.25, -0.2) is 9.50 Å². The first-order valence-electron chi connectivity index (χ1n) is 10.2. The minimum atomic E-state index is 0.0198. The first-order valence-corrected chi connectivity index (χ1v) is 10.6. The number of pyridine rings is 1. The van der Waals surface area contributed by atoms with E-state index in [2.05, 4.69) is 23.9 Å². The Labute approximate surface area is 174 Å². The van der Waals surface area contributed by atoms with Crippen molar-refractivity contribution in [3.8, 4) is 11.1 Å². The quantitative estimate of drug-likeness (QED) is 0.450. The van der Waals surface area contributed by atoms with Crippen molar-refractivity contribution in [3.05, 3.63) is 64.3 Å². The van der Waals surface area contributed by atoms with Gasteiger partial charge in [-0.1, -0.05) is 50.4 Å². The van der Waals surface area contributed by atoms with Crippen molar-refractivity contribution in [1.82, 2.24) is 19.2 Å². The van der Waals surface area contributed by atoms with Gasteiger partial charge in [0.15, 0.2) is 5.65 Å². The molecule has 3 atom stereocenters. The van der Waals surface area contributed by atoms with Gasteiger partial charge in [0.1, 0.15) is 0 Å². The van der Waals surface area contributed by atoms with E-state index in [9.17, 15) is 4.79 Å². The van der Waals surface area contributed by atoms with Gasteiger partial charge in [0.05, 0.1) is 17.1 Å². The molecule has 0 radical (unpaired) electrons. The average molecular weight is 407 g/mol. The van der Waals surface area contributed by atoms with Crippen LogP contribution in [0.3, 0.4) is 0 Å². The molecule has 0 spiro atoms. The fourth-order valence-electron chi connectivity index (χ4n) is 4.67. The summed E-state index contributed by atoms with van der Waals surface area (Å²) in [5.41, 5.74) is 3.45. The van der Waals surface area contributed by atoms with E-state index in [1.54, 1.807) is 16.9 Å². The Hall–Kier alpha value is -2.66. The topological polar surface area (TPSA) is 52.2 Å². The molecule has 5 rings (SSSR count). The summed E-state index contributed by atoms with van der Waals surface area (Å²) >= 11 is 6.01. The third-order valence-electron chi connectivity index (χ3n) is 6.60. The van der Waals surface area contributed by atoms with E-state index in [0.717, 1.165) is 28.7 Å². The van der Waals surface area contributed by atoms with E-state index in [0.29, 0.717) is 22.2 Å². The molecule has 3 aromatic heterocycles. The van der Waals surface area contributed by atoms with E-state index in [-0.39, 0.29) is 11.6 Å². The van der Waals surface area contributed by atoms with Crippen molar-refractivity contribution in [2.45, 2.75) is 39.2 Å². The maximum atomic E-state index is 13.3. The highest BCUT2D eigenvalue weighted by molar-refractivity contribution is 6.30. The Balaban J connectivity index is 1.65. The van der Waals surface area contributed by atoms with Gasteiger partial charge in [0.2, 0.25) is 0 Å². The number of fused-ring (bicyclic) bond motifs is 3. The highest BCUT2D eigenvalue weighted by atomic mass is 35.5. The molecule has 6 heteroatoms. The van der Waals surface area contributed by atoms with Gasteiger partial charge in [-0.2, -0.15) is 5.10 Å². The van der Waals surface area contributed by atoms with Crippen molar-refractivity contribution in [2.75, 3.05) is 0 Å². The number of nitrogens with zero attached hydrogens (tertiary/aromatic N) is 4. The molecular weight excluding hydrogens is 384 g/mol. The van der Waals surface area contributed by atoms with Gasteiger partial charge >= 0.3 is 0 Å². The molecule has 0 bridgehead atoms. The number of halogens is 1. The fraction of sp³-hybridized carbons (Fsp3) is 0.348. The van der Waals surface area contributed by atoms with Crippen molar-refractivity contribution in [2.24, 2.45) is 11.8 Å². The van der Waals surface area contributed by atoms with E-state index in [1.165, 1.54) is 12.8 Å². The Bertz CT molecular complexity index is 1260. The Kier molecular flexibility index (Phi) is 4.43. The predicted molar refractivity (Wildman–Crippen MR) is 116 cm³/mol. The molecule has 0 aliphatic heterocycles. The van der Waals surface area contributed by atoms with Crippen molar-refractivity contribution in [3.63, 3.8) is 0 Å². The number of hydrogen-bond acceptors (Lipinski definition) is 3. The Morgan fingerprint density at radius 3 is 2.66 bits per heavy atom. The lowest BCUT2D eigenvalue weighted by molar-refractivity contribution is 0.183. The normalized spacial score (nSPS) is 22.4. The second kappa shape index (κ2) is 6.99. The molecule has 0 amide bonds. The molecular formula is C23H23ClN4O. The van der Waals surface area contributed by atoms with Crippen LogP contribution in [0.2, 0.25) is 5.02 Å². The molecule has 1 aromatic carbocycles. The second-order valence-corrected chi connectivity index (χ2v) is 8.66. The summed E-state index contributed by atoms with van der Waals surface area (Å²) in [5, 5.41) is 5.83. The minimum Gasteiger partial charge on any atom is -0.311 e. The summed E-state index contributed by atoms with van der Waals surface area (Å²) in [7, 11) is 0. The molecule has 1 fully saturated rings. The molecule has 1 saturated carbocycles. The van der Waals surface area contributed by atoms with Gasteiger partial charge in [0, 0.05) is 29.0 Å². The summed E-state index contributed by atoms with van der Waals surface area (Å²) in [6, 6.07) is 9.85. The van der Waals surface area contributed by atoms with E-state index >= 15 is 0 Å². The fourth-order valence-corrected chi connectivity index (χ4v) is 4.80. The zero-order chi connectivity index (χ0) is 20.1. The first kappa shape index (κ1) is 18.4. The van der Waals surface area contributed by atoms with Gasteiger partial charge in [-0.05, 0) is 42.0 Å². The number of aromatic nitrogens is 4. The molecule has 3 heterocycles. The molecule has 1 aliphatic rings. The number of rotatable bonds is 2. The standard InChI is InChI=1S/C23H23ClN4O/c1-14-4-3-5-20(15(14)2)27-11-10-21-19(23(27)29)12-25-22-18(13-26-28(21)22)16-6-8-17(24)9-7-16/h6-15,20H,3-5H2,1-2H3/t14-,15-,20+/m1/s1. The van der Waals surface area contributed by atoms with Gasteiger partial charge in [0.25, 0.3) is 5.56 Å². The first-order chi connectivity index (χ1) is 14.0. The van der Waals surface area contributed by atoms with Gasteiger partial charge in [-0.15, -0.1) is 0 Å². The van der Waals surface area contributed by atoms with Crippen LogP contribution in [0.1, 0.15) is 39.2 Å². The third kappa shape index (κ3) is 2.96. The lowest BCUT2D eigenvalue weighted by Crippen LogP contribution is -2.33. The van der Waals surface area contributed by atoms with E-state index < -0.39 is 0 Å². The molecule has 0 unspecified atom stereocenters. The predicted octanol–water partition coefficient (Wildman–Crippen LogP) is 5.36. The van der Waals surface area contributed by atoms with Gasteiger partial charge < -0.3 is 4.57 Å². The van der Waals surface area contributed by atoms with Crippen LogP contribution >= 0.6 is 11.6 Å². The number of hydrogen-bond donors (Lipinski definition) is 0. The molecule has 0 N–H and O–H groups in total. The third-order valence-corrected chi connectivity index (χ3v) is 6.85. The Morgan fingerprint density at radius 2 is 1.86 bits per heavy atom. The SMILES string of the molecule is C[C@@H]1[C@H](C)CCC[C@@H]1n1ccc2c(cnc3c(-c4ccc(Cl)cc4)cnn32)c1=O. The largest absolute Gasteiger partial charge is 0.311 e. The molecule has 4 aromatic rings. The molecule has 29 heavy (non-hydrogen) atoms.